The number of nitrogens with zero attached hydrogens (tertiary/aromatic N) is 4. The highest BCUT2D eigenvalue weighted by atomic mass is 16.5. The Morgan fingerprint density at radius 3 is 2.36 bits per heavy atom. The normalized spacial score (nSPS) is 12.3. The van der Waals surface area contributed by atoms with Crippen molar-refractivity contribution in [3.8, 4) is 16.9 Å². The maximum Gasteiger partial charge on any atom is 0.345 e. The Labute approximate surface area is 257 Å². The Bertz CT molecular complexity index is 1480. The summed E-state index contributed by atoms with van der Waals surface area (Å²) in [5.74, 6) is -0.408. The number of benzene rings is 2. The summed E-state index contributed by atoms with van der Waals surface area (Å²) in [4.78, 5) is 53.7. The molecule has 1 aliphatic rings. The summed E-state index contributed by atoms with van der Waals surface area (Å²) < 4.78 is 17.0. The number of anilines is 1. The zero-order chi connectivity index (χ0) is 31.6. The lowest BCUT2D eigenvalue weighted by Gasteiger charge is -2.31. The van der Waals surface area contributed by atoms with Crippen molar-refractivity contribution in [2.24, 2.45) is 0 Å². The molecule has 2 aromatic carbocycles. The van der Waals surface area contributed by atoms with Crippen molar-refractivity contribution in [2.75, 3.05) is 44.4 Å². The first-order valence-electron chi connectivity index (χ1n) is 15.0. The molecule has 4 rings (SSSR count). The van der Waals surface area contributed by atoms with Gasteiger partial charge in [-0.05, 0) is 81.3 Å². The average Bonchev–Trinajstić information content (AvgIpc) is 3.50. The number of aromatic nitrogens is 2. The molecule has 11 nitrogen and oxygen atoms in total. The summed E-state index contributed by atoms with van der Waals surface area (Å²) in [5, 5.41) is 4.24. The molecule has 0 fully saturated rings. The van der Waals surface area contributed by atoms with Gasteiger partial charge in [-0.1, -0.05) is 24.3 Å². The third kappa shape index (κ3) is 7.83. The Morgan fingerprint density at radius 1 is 0.955 bits per heavy atom. The van der Waals surface area contributed by atoms with Crippen LogP contribution in [0.5, 0.6) is 5.75 Å². The summed E-state index contributed by atoms with van der Waals surface area (Å²) in [5.41, 5.74) is 5.66. The van der Waals surface area contributed by atoms with Gasteiger partial charge >= 0.3 is 18.0 Å². The minimum absolute atomic E-state index is 0.0344. The molecule has 0 saturated carbocycles. The summed E-state index contributed by atoms with van der Waals surface area (Å²) in [6.45, 7) is 7.91. The number of hydrogen-bond donors (Lipinski definition) is 0. The van der Waals surface area contributed by atoms with E-state index < -0.39 is 31.1 Å². The van der Waals surface area contributed by atoms with Crippen molar-refractivity contribution in [3.63, 3.8) is 0 Å². The predicted molar refractivity (Wildman–Crippen MR) is 165 cm³/mol. The van der Waals surface area contributed by atoms with Crippen LogP contribution in [0.2, 0.25) is 0 Å². The molecule has 0 unspecified atom stereocenters. The number of hydrogen-bond acceptors (Lipinski definition) is 8. The second-order valence-corrected chi connectivity index (χ2v) is 10.5. The van der Waals surface area contributed by atoms with E-state index in [-0.39, 0.29) is 19.1 Å². The van der Waals surface area contributed by atoms with Crippen molar-refractivity contribution in [3.05, 3.63) is 65.5 Å². The van der Waals surface area contributed by atoms with Crippen molar-refractivity contribution >= 4 is 29.6 Å². The van der Waals surface area contributed by atoms with Gasteiger partial charge in [0.05, 0.1) is 26.0 Å². The van der Waals surface area contributed by atoms with Crippen LogP contribution in [-0.4, -0.2) is 78.0 Å². The summed E-state index contributed by atoms with van der Waals surface area (Å²) >= 11 is 0. The molecule has 11 heteroatoms. The number of carbonyl (C=O) groups is 4. The number of ether oxygens (including phenoxy) is 3. The first kappa shape index (κ1) is 32.2. The predicted octanol–water partition coefficient (Wildman–Crippen LogP) is 4.70. The number of esters is 2. The van der Waals surface area contributed by atoms with E-state index >= 15 is 0 Å². The fourth-order valence-corrected chi connectivity index (χ4v) is 5.20. The summed E-state index contributed by atoms with van der Waals surface area (Å²) in [6, 6.07) is 11.1. The first-order valence-corrected chi connectivity index (χ1v) is 15.0. The highest BCUT2D eigenvalue weighted by Crippen LogP contribution is 2.36. The van der Waals surface area contributed by atoms with Gasteiger partial charge in [0, 0.05) is 30.4 Å². The Kier molecular flexibility index (Phi) is 11.1. The van der Waals surface area contributed by atoms with E-state index in [2.05, 4.69) is 5.10 Å². The topological polar surface area (TPSA) is 120 Å². The Balaban J connectivity index is 1.46. The minimum atomic E-state index is -0.665. The van der Waals surface area contributed by atoms with E-state index in [9.17, 15) is 19.2 Å². The zero-order valence-electron chi connectivity index (χ0n) is 25.8. The van der Waals surface area contributed by atoms with E-state index in [1.165, 1.54) is 5.56 Å². The van der Waals surface area contributed by atoms with Crippen LogP contribution in [0, 0.1) is 13.8 Å². The first-order chi connectivity index (χ1) is 21.2. The molecule has 1 aliphatic heterocycles. The van der Waals surface area contributed by atoms with Gasteiger partial charge in [0.15, 0.2) is 0 Å². The number of rotatable bonds is 12. The fraction of sp³-hybridized carbons (Fsp3) is 0.424. The van der Waals surface area contributed by atoms with Gasteiger partial charge in [-0.2, -0.15) is 9.78 Å². The van der Waals surface area contributed by atoms with Crippen molar-refractivity contribution in [1.82, 2.24) is 14.7 Å². The van der Waals surface area contributed by atoms with E-state index in [1.54, 1.807) is 26.2 Å². The molecular weight excluding hydrogens is 564 g/mol. The van der Waals surface area contributed by atoms with Crippen LogP contribution >= 0.6 is 0 Å². The maximum atomic E-state index is 13.3. The SMILES string of the molecule is CCOC(=O)CN(CC(=O)OCC)C(=O)n1cc(-c2cccc3c2CCCN3C(=O)CCCOc2cccc(C)c2C)cn1. The Morgan fingerprint density at radius 2 is 1.66 bits per heavy atom. The van der Waals surface area contributed by atoms with Crippen LogP contribution in [0.25, 0.3) is 11.1 Å². The van der Waals surface area contributed by atoms with Gasteiger partial charge in [0.25, 0.3) is 0 Å². The second-order valence-electron chi connectivity index (χ2n) is 10.5. The molecule has 3 aromatic rings. The van der Waals surface area contributed by atoms with Crippen molar-refractivity contribution in [1.29, 1.82) is 0 Å². The van der Waals surface area contributed by atoms with Gasteiger partial charge < -0.3 is 24.0 Å². The van der Waals surface area contributed by atoms with E-state index in [0.29, 0.717) is 31.6 Å². The summed E-state index contributed by atoms with van der Waals surface area (Å²) in [6.07, 6.45) is 5.65. The molecular formula is C33H40N4O7. The van der Waals surface area contributed by atoms with Crippen molar-refractivity contribution < 1.29 is 33.4 Å². The molecule has 0 saturated heterocycles. The standard InChI is InChI=1S/C33H40N4O7/c1-5-42-31(39)21-35(22-32(40)43-6-2)33(41)37-20-25(19-34-37)26-12-8-14-28-27(26)13-9-17-36(28)30(38)16-10-18-44-29-15-7-11-23(3)24(29)4/h7-8,11-12,14-15,19-20H,5-6,9-10,13,16-18,21-22H2,1-4H3. The maximum absolute atomic E-state index is 13.3. The third-order valence-electron chi connectivity index (χ3n) is 7.51. The molecule has 0 aliphatic carbocycles. The van der Waals surface area contributed by atoms with E-state index in [0.717, 1.165) is 50.6 Å². The quantitative estimate of drug-likeness (QED) is 0.216. The molecule has 0 bridgehead atoms. The monoisotopic (exact) mass is 604 g/mol. The van der Waals surface area contributed by atoms with Gasteiger partial charge in [-0.3, -0.25) is 14.4 Å². The molecule has 2 heterocycles. The van der Waals surface area contributed by atoms with E-state index in [4.69, 9.17) is 14.2 Å². The average molecular weight is 605 g/mol. The molecule has 44 heavy (non-hydrogen) atoms. The van der Waals surface area contributed by atoms with E-state index in [1.807, 2.05) is 55.1 Å². The molecule has 0 spiro atoms. The van der Waals surface area contributed by atoms with Gasteiger partial charge in [-0.15, -0.1) is 0 Å². The second kappa shape index (κ2) is 15.2. The molecule has 0 atom stereocenters. The number of fused-ring (bicyclic) bond motifs is 1. The Hall–Kier alpha value is -4.67. The third-order valence-corrected chi connectivity index (χ3v) is 7.51. The van der Waals surface area contributed by atoms with Gasteiger partial charge in [-0.25, -0.2) is 4.79 Å². The zero-order valence-corrected chi connectivity index (χ0v) is 25.8. The number of carbonyl (C=O) groups excluding carboxylic acids is 4. The van der Waals surface area contributed by atoms with Crippen LogP contribution in [0.3, 0.4) is 0 Å². The van der Waals surface area contributed by atoms with Crippen molar-refractivity contribution in [2.45, 2.75) is 53.4 Å². The molecule has 2 amide bonds. The smallest absolute Gasteiger partial charge is 0.345 e. The lowest BCUT2D eigenvalue weighted by molar-refractivity contribution is -0.146. The van der Waals surface area contributed by atoms with Crippen LogP contribution in [0.4, 0.5) is 10.5 Å². The highest BCUT2D eigenvalue weighted by Gasteiger charge is 2.27. The largest absolute Gasteiger partial charge is 0.493 e. The number of amides is 2. The minimum Gasteiger partial charge on any atom is -0.493 e. The summed E-state index contributed by atoms with van der Waals surface area (Å²) in [7, 11) is 0. The van der Waals surface area contributed by atoms with Gasteiger partial charge in [0.2, 0.25) is 5.91 Å². The van der Waals surface area contributed by atoms with Crippen LogP contribution < -0.4 is 9.64 Å². The fourth-order valence-electron chi connectivity index (χ4n) is 5.20. The molecule has 234 valence electrons. The van der Waals surface area contributed by atoms with Crippen LogP contribution in [-0.2, 0) is 30.3 Å². The molecule has 0 radical (unpaired) electrons. The highest BCUT2D eigenvalue weighted by molar-refractivity contribution is 5.96. The molecule has 1 aromatic heterocycles. The lowest BCUT2D eigenvalue weighted by atomic mass is 9.93. The van der Waals surface area contributed by atoms with Crippen LogP contribution in [0.15, 0.2) is 48.8 Å². The van der Waals surface area contributed by atoms with Gasteiger partial charge in [0.1, 0.15) is 18.8 Å². The molecule has 0 N–H and O–H groups in total. The van der Waals surface area contributed by atoms with Crippen LogP contribution in [0.1, 0.15) is 49.8 Å². The number of aryl methyl sites for hydroxylation is 1. The lowest BCUT2D eigenvalue weighted by Crippen LogP contribution is -2.43.